The third-order valence-electron chi connectivity index (χ3n) is 5.97. The summed E-state index contributed by atoms with van der Waals surface area (Å²) in [5, 5.41) is 18.7. The molecular weight excluding hydrogens is 426 g/mol. The van der Waals surface area contributed by atoms with E-state index in [1.54, 1.807) is 11.0 Å². The Morgan fingerprint density at radius 1 is 1.03 bits per heavy atom. The average molecular weight is 452 g/mol. The predicted molar refractivity (Wildman–Crippen MR) is 130 cm³/mol. The number of amides is 1. The number of carbonyl (C=O) groups excluding carboxylic acids is 1. The highest BCUT2D eigenvalue weighted by molar-refractivity contribution is 6.14. The molecule has 1 N–H and O–H groups in total. The van der Waals surface area contributed by atoms with Crippen LogP contribution >= 0.6 is 0 Å². The van der Waals surface area contributed by atoms with Crippen molar-refractivity contribution >= 4 is 23.3 Å². The molecule has 0 spiro atoms. The fraction of sp³-hybridized carbons (Fsp3) is 0.214. The number of piperidine rings is 1. The molecule has 0 aromatic heterocycles. The lowest BCUT2D eigenvalue weighted by atomic mass is 9.93. The molecule has 6 nitrogen and oxygen atoms in total. The van der Waals surface area contributed by atoms with Crippen LogP contribution in [0, 0.1) is 17.2 Å². The Morgan fingerprint density at radius 2 is 1.68 bits per heavy atom. The molecule has 1 unspecified atom stereocenters. The molecule has 0 radical (unpaired) electrons. The highest BCUT2D eigenvalue weighted by atomic mass is 16.4. The van der Waals surface area contributed by atoms with Crippen LogP contribution in [0.3, 0.4) is 0 Å². The van der Waals surface area contributed by atoms with Crippen molar-refractivity contribution in [3.63, 3.8) is 0 Å². The van der Waals surface area contributed by atoms with E-state index in [-0.39, 0.29) is 24.7 Å². The van der Waals surface area contributed by atoms with Crippen molar-refractivity contribution < 1.29 is 14.7 Å². The molecule has 4 rings (SSSR count). The normalized spacial score (nSPS) is 15.4. The van der Waals surface area contributed by atoms with Gasteiger partial charge in [-0.1, -0.05) is 66.7 Å². The summed E-state index contributed by atoms with van der Waals surface area (Å²) >= 11 is 0. The van der Waals surface area contributed by atoms with Gasteiger partial charge < -0.3 is 10.0 Å². The van der Waals surface area contributed by atoms with Crippen LogP contribution in [0.15, 0.2) is 83.9 Å². The first kappa shape index (κ1) is 22.9. The summed E-state index contributed by atoms with van der Waals surface area (Å²) in [5.74, 6) is -1.02. The Hall–Kier alpha value is -4.24. The SMILES string of the molecule is N#Cc1ccc(CN2CCC(CC(=O)O)CC2=O)cc1N=C(c1ccccc1)c1ccccc1. The van der Waals surface area contributed by atoms with Gasteiger partial charge in [0.25, 0.3) is 0 Å². The van der Waals surface area contributed by atoms with Crippen molar-refractivity contribution in [1.82, 2.24) is 4.90 Å². The molecule has 1 aliphatic rings. The zero-order chi connectivity index (χ0) is 23.9. The van der Waals surface area contributed by atoms with Crippen molar-refractivity contribution in [2.45, 2.75) is 25.8 Å². The molecule has 1 saturated heterocycles. The largest absolute Gasteiger partial charge is 0.481 e. The number of carboxylic acid groups (broad SMARTS) is 1. The Kier molecular flexibility index (Phi) is 7.14. The fourth-order valence-electron chi connectivity index (χ4n) is 4.22. The van der Waals surface area contributed by atoms with Crippen LogP contribution in [0.4, 0.5) is 5.69 Å². The second-order valence-electron chi connectivity index (χ2n) is 8.43. The minimum atomic E-state index is -0.867. The maximum atomic E-state index is 12.6. The molecule has 1 aliphatic heterocycles. The number of nitriles is 1. The van der Waals surface area contributed by atoms with Gasteiger partial charge in [-0.05, 0) is 30.0 Å². The molecule has 0 aliphatic carbocycles. The maximum Gasteiger partial charge on any atom is 0.303 e. The second kappa shape index (κ2) is 10.6. The van der Waals surface area contributed by atoms with Crippen LogP contribution in [0.2, 0.25) is 0 Å². The van der Waals surface area contributed by atoms with E-state index in [0.717, 1.165) is 22.4 Å². The summed E-state index contributed by atoms with van der Waals surface area (Å²) in [5.41, 5.74) is 4.54. The van der Waals surface area contributed by atoms with Crippen LogP contribution < -0.4 is 0 Å². The number of rotatable bonds is 7. The molecule has 0 saturated carbocycles. The van der Waals surface area contributed by atoms with Gasteiger partial charge in [-0.3, -0.25) is 9.59 Å². The van der Waals surface area contributed by atoms with Gasteiger partial charge in [0.05, 0.1) is 17.0 Å². The number of hydrogen-bond acceptors (Lipinski definition) is 4. The number of hydrogen-bond donors (Lipinski definition) is 1. The van der Waals surface area contributed by atoms with E-state index in [1.807, 2.05) is 72.8 Å². The van der Waals surface area contributed by atoms with Crippen molar-refractivity contribution in [2.75, 3.05) is 6.54 Å². The monoisotopic (exact) mass is 451 g/mol. The van der Waals surface area contributed by atoms with Gasteiger partial charge in [0.1, 0.15) is 6.07 Å². The van der Waals surface area contributed by atoms with Gasteiger partial charge in [-0.2, -0.15) is 5.26 Å². The summed E-state index contributed by atoms with van der Waals surface area (Å²) in [6.45, 7) is 0.924. The number of aliphatic carboxylic acids is 1. The van der Waals surface area contributed by atoms with Crippen LogP contribution in [0.1, 0.15) is 41.5 Å². The number of nitrogens with zero attached hydrogens (tertiary/aromatic N) is 3. The van der Waals surface area contributed by atoms with Crippen molar-refractivity contribution in [2.24, 2.45) is 10.9 Å². The molecule has 6 heteroatoms. The molecule has 1 amide bonds. The van der Waals surface area contributed by atoms with Gasteiger partial charge in [-0.25, -0.2) is 4.99 Å². The van der Waals surface area contributed by atoms with Crippen LogP contribution in [-0.4, -0.2) is 34.1 Å². The lowest BCUT2D eigenvalue weighted by Crippen LogP contribution is -2.38. The zero-order valence-electron chi connectivity index (χ0n) is 18.7. The Labute approximate surface area is 198 Å². The summed E-state index contributed by atoms with van der Waals surface area (Å²) in [6.07, 6.45) is 0.947. The van der Waals surface area contributed by atoms with E-state index >= 15 is 0 Å². The Morgan fingerprint density at radius 3 is 2.24 bits per heavy atom. The third-order valence-corrected chi connectivity index (χ3v) is 5.97. The summed E-state index contributed by atoms with van der Waals surface area (Å²) < 4.78 is 0. The van der Waals surface area contributed by atoms with Crippen LogP contribution in [-0.2, 0) is 16.1 Å². The molecule has 34 heavy (non-hydrogen) atoms. The first-order valence-corrected chi connectivity index (χ1v) is 11.3. The van der Waals surface area contributed by atoms with Crippen molar-refractivity contribution in [3.8, 4) is 6.07 Å². The summed E-state index contributed by atoms with van der Waals surface area (Å²) in [6, 6.07) is 27.3. The zero-order valence-corrected chi connectivity index (χ0v) is 18.7. The van der Waals surface area contributed by atoms with Gasteiger partial charge >= 0.3 is 5.97 Å². The number of carbonyl (C=O) groups is 2. The van der Waals surface area contributed by atoms with E-state index < -0.39 is 5.97 Å². The highest BCUT2D eigenvalue weighted by Gasteiger charge is 2.27. The first-order valence-electron chi connectivity index (χ1n) is 11.3. The van der Waals surface area contributed by atoms with Gasteiger partial charge in [-0.15, -0.1) is 0 Å². The number of aliphatic imine (C=N–C) groups is 1. The molecule has 3 aromatic rings. The summed E-state index contributed by atoms with van der Waals surface area (Å²) in [4.78, 5) is 30.2. The van der Waals surface area contributed by atoms with Gasteiger partial charge in [0.2, 0.25) is 5.91 Å². The summed E-state index contributed by atoms with van der Waals surface area (Å²) in [7, 11) is 0. The molecule has 1 atom stereocenters. The minimum Gasteiger partial charge on any atom is -0.481 e. The molecule has 170 valence electrons. The lowest BCUT2D eigenvalue weighted by Gasteiger charge is -2.31. The van der Waals surface area contributed by atoms with E-state index in [4.69, 9.17) is 10.1 Å². The number of likely N-dealkylation sites (tertiary alicyclic amines) is 1. The van der Waals surface area contributed by atoms with Crippen molar-refractivity contribution in [3.05, 3.63) is 101 Å². The topological polar surface area (TPSA) is 93.8 Å². The van der Waals surface area contributed by atoms with Gasteiger partial charge in [0.15, 0.2) is 0 Å². The van der Waals surface area contributed by atoms with Crippen LogP contribution in [0.25, 0.3) is 0 Å². The predicted octanol–water partition coefficient (Wildman–Crippen LogP) is 4.94. The highest BCUT2D eigenvalue weighted by Crippen LogP contribution is 2.27. The smallest absolute Gasteiger partial charge is 0.303 e. The molecule has 1 heterocycles. The second-order valence-corrected chi connectivity index (χ2v) is 8.43. The quantitative estimate of drug-likeness (QED) is 0.515. The van der Waals surface area contributed by atoms with Gasteiger partial charge in [0, 0.05) is 37.1 Å². The standard InChI is InChI=1S/C28H25N3O3/c29-18-24-12-11-21(19-31-14-13-20(16-26(31)32)17-27(33)34)15-25(24)30-28(22-7-3-1-4-8-22)23-9-5-2-6-10-23/h1-12,15,20H,13-14,16-17,19H2,(H,33,34). The number of benzene rings is 3. The average Bonchev–Trinajstić information content (AvgIpc) is 2.85. The van der Waals surface area contributed by atoms with Crippen molar-refractivity contribution in [1.29, 1.82) is 5.26 Å². The van der Waals surface area contributed by atoms with E-state index in [1.165, 1.54) is 0 Å². The Balaban J connectivity index is 1.64. The molecule has 0 bridgehead atoms. The van der Waals surface area contributed by atoms with E-state index in [9.17, 15) is 14.9 Å². The lowest BCUT2D eigenvalue weighted by molar-refractivity contribution is -0.140. The molecule has 3 aromatic carbocycles. The van der Waals surface area contributed by atoms with E-state index in [2.05, 4.69) is 6.07 Å². The third kappa shape index (κ3) is 5.57. The Bertz CT molecular complexity index is 1210. The molecule has 1 fully saturated rings. The van der Waals surface area contributed by atoms with E-state index in [0.29, 0.717) is 30.8 Å². The number of carboxylic acids is 1. The molecular formula is C28H25N3O3. The van der Waals surface area contributed by atoms with Crippen LogP contribution in [0.5, 0.6) is 0 Å². The minimum absolute atomic E-state index is 0.0249. The first-order chi connectivity index (χ1) is 16.5. The maximum absolute atomic E-state index is 12.6. The fourth-order valence-corrected chi connectivity index (χ4v) is 4.22.